The van der Waals surface area contributed by atoms with Crippen molar-refractivity contribution in [1.29, 1.82) is 0 Å². The van der Waals surface area contributed by atoms with Gasteiger partial charge in [0.05, 0.1) is 11.3 Å². The van der Waals surface area contributed by atoms with Crippen molar-refractivity contribution < 1.29 is 9.59 Å². The molecule has 2 amide bonds. The smallest absolute Gasteiger partial charge is 0.253 e. The number of amides is 2. The molecule has 2 fully saturated rings. The highest BCUT2D eigenvalue weighted by Crippen LogP contribution is 2.27. The van der Waals surface area contributed by atoms with Gasteiger partial charge in [-0.15, -0.1) is 0 Å². The van der Waals surface area contributed by atoms with Crippen LogP contribution in [-0.4, -0.2) is 17.9 Å². The second-order valence-electron chi connectivity index (χ2n) is 7.94. The van der Waals surface area contributed by atoms with Crippen LogP contribution < -0.4 is 10.6 Å². The topological polar surface area (TPSA) is 58.2 Å². The van der Waals surface area contributed by atoms with Crippen molar-refractivity contribution in [1.82, 2.24) is 5.32 Å². The molecule has 0 unspecified atom stereocenters. The van der Waals surface area contributed by atoms with E-state index in [4.69, 9.17) is 0 Å². The van der Waals surface area contributed by atoms with Crippen LogP contribution in [0.1, 0.15) is 87.4 Å². The van der Waals surface area contributed by atoms with Crippen molar-refractivity contribution in [2.75, 3.05) is 5.32 Å². The van der Waals surface area contributed by atoms with E-state index in [9.17, 15) is 9.59 Å². The molecule has 4 heteroatoms. The molecule has 0 atom stereocenters. The van der Waals surface area contributed by atoms with Gasteiger partial charge in [-0.05, 0) is 37.3 Å². The van der Waals surface area contributed by atoms with Gasteiger partial charge in [0.1, 0.15) is 0 Å². The van der Waals surface area contributed by atoms with Gasteiger partial charge in [0.25, 0.3) is 5.91 Å². The third-order valence-electron chi connectivity index (χ3n) is 5.89. The Bertz CT molecular complexity index is 602. The molecule has 26 heavy (non-hydrogen) atoms. The monoisotopic (exact) mass is 356 g/mol. The van der Waals surface area contributed by atoms with E-state index in [2.05, 4.69) is 10.6 Å². The van der Waals surface area contributed by atoms with Crippen LogP contribution in [0.5, 0.6) is 0 Å². The van der Waals surface area contributed by atoms with Crippen LogP contribution in [0, 0.1) is 5.92 Å². The van der Waals surface area contributed by atoms with Crippen LogP contribution in [0.2, 0.25) is 0 Å². The first-order chi connectivity index (χ1) is 12.7. The lowest BCUT2D eigenvalue weighted by molar-refractivity contribution is -0.116. The van der Waals surface area contributed by atoms with Gasteiger partial charge in [0.2, 0.25) is 5.91 Å². The van der Waals surface area contributed by atoms with Gasteiger partial charge in [-0.3, -0.25) is 9.59 Å². The number of hydrogen-bond acceptors (Lipinski definition) is 2. The molecule has 0 spiro atoms. The zero-order chi connectivity index (χ0) is 18.2. The highest BCUT2D eigenvalue weighted by Gasteiger charge is 2.20. The molecule has 1 aromatic rings. The largest absolute Gasteiger partial charge is 0.349 e. The Morgan fingerprint density at radius 1 is 0.885 bits per heavy atom. The number of rotatable bonds is 6. The summed E-state index contributed by atoms with van der Waals surface area (Å²) in [5.74, 6) is 0.646. The lowest BCUT2D eigenvalue weighted by Gasteiger charge is -2.23. The molecule has 2 saturated carbocycles. The quantitative estimate of drug-likeness (QED) is 0.749. The summed E-state index contributed by atoms with van der Waals surface area (Å²) in [7, 11) is 0. The van der Waals surface area contributed by atoms with E-state index in [1.165, 1.54) is 51.4 Å². The molecule has 1 aromatic carbocycles. The summed E-state index contributed by atoms with van der Waals surface area (Å²) in [6, 6.07) is 7.62. The van der Waals surface area contributed by atoms with Crippen LogP contribution in [0.25, 0.3) is 0 Å². The maximum Gasteiger partial charge on any atom is 0.253 e. The highest BCUT2D eigenvalue weighted by molar-refractivity contribution is 6.03. The van der Waals surface area contributed by atoms with Gasteiger partial charge in [0, 0.05) is 12.5 Å². The van der Waals surface area contributed by atoms with E-state index < -0.39 is 0 Å². The lowest BCUT2D eigenvalue weighted by Crippen LogP contribution is -2.36. The Balaban J connectivity index is 1.53. The number of para-hydroxylation sites is 1. The molecule has 0 bridgehead atoms. The minimum absolute atomic E-state index is 0.0217. The van der Waals surface area contributed by atoms with Gasteiger partial charge in [-0.1, -0.05) is 63.5 Å². The fourth-order valence-electron chi connectivity index (χ4n) is 4.32. The average molecular weight is 357 g/mol. The number of nitrogens with one attached hydrogen (secondary N) is 2. The first kappa shape index (κ1) is 18.9. The summed E-state index contributed by atoms with van der Waals surface area (Å²) in [5.41, 5.74) is 1.21. The number of anilines is 1. The van der Waals surface area contributed by atoms with Crippen molar-refractivity contribution in [3.8, 4) is 0 Å². The summed E-state index contributed by atoms with van der Waals surface area (Å²) in [6.07, 6.45) is 13.7. The van der Waals surface area contributed by atoms with Gasteiger partial charge in [-0.25, -0.2) is 0 Å². The number of benzene rings is 1. The van der Waals surface area contributed by atoms with Gasteiger partial charge >= 0.3 is 0 Å². The van der Waals surface area contributed by atoms with Crippen LogP contribution in [0.3, 0.4) is 0 Å². The van der Waals surface area contributed by atoms with Crippen LogP contribution in [-0.2, 0) is 4.79 Å². The standard InChI is InChI=1S/C22H32N2O2/c25-21(16-15-17-9-3-1-4-10-17)24-20-14-8-7-13-19(20)22(26)23-18-11-5-2-6-12-18/h7-8,13-14,17-18H,1-6,9-12,15-16H2,(H,23,26)(H,24,25). The SMILES string of the molecule is O=C(CCC1CCCCC1)Nc1ccccc1C(=O)NC1CCCCC1. The lowest BCUT2D eigenvalue weighted by atomic mass is 9.86. The summed E-state index contributed by atoms with van der Waals surface area (Å²) >= 11 is 0. The first-order valence-corrected chi connectivity index (χ1v) is 10.4. The zero-order valence-electron chi connectivity index (χ0n) is 15.8. The first-order valence-electron chi connectivity index (χ1n) is 10.4. The maximum atomic E-state index is 12.7. The van der Waals surface area contributed by atoms with E-state index in [-0.39, 0.29) is 17.9 Å². The molecule has 2 aliphatic rings. The van der Waals surface area contributed by atoms with E-state index >= 15 is 0 Å². The minimum atomic E-state index is -0.0694. The van der Waals surface area contributed by atoms with Gasteiger partial charge < -0.3 is 10.6 Å². The van der Waals surface area contributed by atoms with Crippen LogP contribution in [0.15, 0.2) is 24.3 Å². The van der Waals surface area contributed by atoms with E-state index in [0.717, 1.165) is 19.3 Å². The molecule has 142 valence electrons. The Labute approximate surface area is 157 Å². The molecular formula is C22H32N2O2. The molecule has 2 N–H and O–H groups in total. The Hall–Kier alpha value is -1.84. The van der Waals surface area contributed by atoms with E-state index in [1.54, 1.807) is 6.07 Å². The average Bonchev–Trinajstić information content (AvgIpc) is 2.68. The van der Waals surface area contributed by atoms with Crippen molar-refractivity contribution in [2.45, 2.75) is 83.1 Å². The van der Waals surface area contributed by atoms with Gasteiger partial charge in [0.15, 0.2) is 0 Å². The van der Waals surface area contributed by atoms with Gasteiger partial charge in [-0.2, -0.15) is 0 Å². The highest BCUT2D eigenvalue weighted by atomic mass is 16.2. The molecule has 2 aliphatic carbocycles. The molecule has 0 heterocycles. The summed E-state index contributed by atoms with van der Waals surface area (Å²) < 4.78 is 0. The number of carbonyl (C=O) groups is 2. The Morgan fingerprint density at radius 3 is 2.27 bits per heavy atom. The maximum absolute atomic E-state index is 12.7. The third-order valence-corrected chi connectivity index (χ3v) is 5.89. The molecule has 3 rings (SSSR count). The predicted octanol–water partition coefficient (Wildman–Crippen LogP) is 5.05. The van der Waals surface area contributed by atoms with Crippen LogP contribution >= 0.6 is 0 Å². The van der Waals surface area contributed by atoms with Crippen molar-refractivity contribution >= 4 is 17.5 Å². The van der Waals surface area contributed by atoms with Crippen molar-refractivity contribution in [2.24, 2.45) is 5.92 Å². The second-order valence-corrected chi connectivity index (χ2v) is 7.94. The van der Waals surface area contributed by atoms with Crippen molar-refractivity contribution in [3.05, 3.63) is 29.8 Å². The Kier molecular flexibility index (Phi) is 7.10. The summed E-state index contributed by atoms with van der Waals surface area (Å²) in [4.78, 5) is 25.0. The molecule has 0 aliphatic heterocycles. The molecular weight excluding hydrogens is 324 g/mol. The Morgan fingerprint density at radius 2 is 1.54 bits per heavy atom. The molecule has 0 saturated heterocycles. The molecule has 0 aromatic heterocycles. The zero-order valence-corrected chi connectivity index (χ0v) is 15.8. The minimum Gasteiger partial charge on any atom is -0.349 e. The number of hydrogen-bond donors (Lipinski definition) is 2. The van der Waals surface area contributed by atoms with Crippen LogP contribution in [0.4, 0.5) is 5.69 Å². The third kappa shape index (κ3) is 5.58. The fraction of sp³-hybridized carbons (Fsp3) is 0.636. The summed E-state index contributed by atoms with van der Waals surface area (Å²) in [5, 5.41) is 6.11. The number of carbonyl (C=O) groups excluding carboxylic acids is 2. The summed E-state index contributed by atoms with van der Waals surface area (Å²) in [6.45, 7) is 0. The predicted molar refractivity (Wildman–Crippen MR) is 105 cm³/mol. The molecule has 4 nitrogen and oxygen atoms in total. The van der Waals surface area contributed by atoms with Crippen molar-refractivity contribution in [3.63, 3.8) is 0 Å². The fourth-order valence-corrected chi connectivity index (χ4v) is 4.32. The van der Waals surface area contributed by atoms with E-state index in [0.29, 0.717) is 23.6 Å². The normalized spacial score (nSPS) is 19.1. The molecule has 0 radical (unpaired) electrons. The second kappa shape index (κ2) is 9.75. The van der Waals surface area contributed by atoms with E-state index in [1.807, 2.05) is 18.2 Å².